The zero-order chi connectivity index (χ0) is 15.6. The van der Waals surface area contributed by atoms with Crippen LogP contribution in [0.5, 0.6) is 11.5 Å². The van der Waals surface area contributed by atoms with Crippen LogP contribution in [0.2, 0.25) is 0 Å². The molecule has 0 aliphatic carbocycles. The second kappa shape index (κ2) is 6.05. The van der Waals surface area contributed by atoms with Crippen molar-refractivity contribution in [3.8, 4) is 11.5 Å². The van der Waals surface area contributed by atoms with Crippen molar-refractivity contribution in [3.63, 3.8) is 0 Å². The van der Waals surface area contributed by atoms with E-state index in [-0.39, 0.29) is 22.6 Å². The summed E-state index contributed by atoms with van der Waals surface area (Å²) in [6.45, 7) is 1.37. The molecular formula is C15H10BrFO4. The molecule has 0 spiro atoms. The van der Waals surface area contributed by atoms with E-state index in [9.17, 15) is 14.0 Å². The molecule has 0 amide bonds. The molecule has 1 N–H and O–H groups in total. The van der Waals surface area contributed by atoms with Crippen molar-refractivity contribution in [2.24, 2.45) is 0 Å². The van der Waals surface area contributed by atoms with Gasteiger partial charge in [0.2, 0.25) is 0 Å². The van der Waals surface area contributed by atoms with Crippen molar-refractivity contribution in [2.75, 3.05) is 0 Å². The van der Waals surface area contributed by atoms with Gasteiger partial charge in [-0.05, 0) is 37.3 Å². The van der Waals surface area contributed by atoms with Crippen LogP contribution >= 0.6 is 15.9 Å². The lowest BCUT2D eigenvalue weighted by atomic mass is 10.1. The highest BCUT2D eigenvalue weighted by molar-refractivity contribution is 9.10. The second-order valence-corrected chi connectivity index (χ2v) is 5.11. The number of carbonyl (C=O) groups excluding carboxylic acids is 1. The maximum atomic E-state index is 14.1. The summed E-state index contributed by atoms with van der Waals surface area (Å²) >= 11 is 3.20. The van der Waals surface area contributed by atoms with E-state index >= 15 is 0 Å². The van der Waals surface area contributed by atoms with Crippen LogP contribution in [0.25, 0.3) is 0 Å². The summed E-state index contributed by atoms with van der Waals surface area (Å²) in [6.07, 6.45) is 0.645. The molecule has 21 heavy (non-hydrogen) atoms. The lowest BCUT2D eigenvalue weighted by molar-refractivity contribution is 0.0695. The van der Waals surface area contributed by atoms with Gasteiger partial charge in [-0.15, -0.1) is 0 Å². The van der Waals surface area contributed by atoms with Crippen molar-refractivity contribution in [1.29, 1.82) is 0 Å². The highest BCUT2D eigenvalue weighted by Crippen LogP contribution is 2.30. The minimum atomic E-state index is -1.20. The SMILES string of the molecule is Cc1c(C(=O)O)ccc(Oc2ccc(Br)c(C=O)c2)c1F. The Balaban J connectivity index is 2.38. The minimum Gasteiger partial charge on any atom is -0.478 e. The Labute approximate surface area is 128 Å². The van der Waals surface area contributed by atoms with Crippen LogP contribution in [0.15, 0.2) is 34.8 Å². The minimum absolute atomic E-state index is 0.00674. The van der Waals surface area contributed by atoms with E-state index < -0.39 is 11.8 Å². The van der Waals surface area contributed by atoms with Crippen molar-refractivity contribution in [2.45, 2.75) is 6.92 Å². The number of benzene rings is 2. The van der Waals surface area contributed by atoms with Crippen LogP contribution in [-0.2, 0) is 0 Å². The molecule has 2 aromatic rings. The molecular weight excluding hydrogens is 343 g/mol. The third-order valence-corrected chi connectivity index (χ3v) is 3.63. The summed E-state index contributed by atoms with van der Waals surface area (Å²) in [6, 6.07) is 7.15. The van der Waals surface area contributed by atoms with Crippen molar-refractivity contribution < 1.29 is 23.8 Å². The first-order valence-electron chi connectivity index (χ1n) is 5.89. The fourth-order valence-corrected chi connectivity index (χ4v) is 2.11. The number of halogens is 2. The van der Waals surface area contributed by atoms with E-state index in [4.69, 9.17) is 9.84 Å². The smallest absolute Gasteiger partial charge is 0.336 e. The number of aldehydes is 1. The molecule has 0 heterocycles. The van der Waals surface area contributed by atoms with Gasteiger partial charge in [0.05, 0.1) is 5.56 Å². The van der Waals surface area contributed by atoms with Gasteiger partial charge in [0, 0.05) is 15.6 Å². The number of ether oxygens (including phenoxy) is 1. The standard InChI is InChI=1S/C15H10BrFO4/c1-8-11(15(19)20)3-5-13(14(8)17)21-10-2-4-12(16)9(6-10)7-18/h2-7H,1H3,(H,19,20). The van der Waals surface area contributed by atoms with E-state index in [1.165, 1.54) is 25.1 Å². The van der Waals surface area contributed by atoms with Crippen LogP contribution < -0.4 is 4.74 Å². The predicted octanol–water partition coefficient (Wildman–Crippen LogP) is 4.20. The number of hydrogen-bond acceptors (Lipinski definition) is 3. The topological polar surface area (TPSA) is 63.6 Å². The predicted molar refractivity (Wildman–Crippen MR) is 77.7 cm³/mol. The molecule has 0 aromatic heterocycles. The second-order valence-electron chi connectivity index (χ2n) is 4.26. The van der Waals surface area contributed by atoms with Crippen LogP contribution in [0, 0.1) is 12.7 Å². The van der Waals surface area contributed by atoms with Crippen molar-refractivity contribution in [1.82, 2.24) is 0 Å². The highest BCUT2D eigenvalue weighted by atomic mass is 79.9. The van der Waals surface area contributed by atoms with Crippen LogP contribution in [0.3, 0.4) is 0 Å². The van der Waals surface area contributed by atoms with E-state index in [0.29, 0.717) is 16.3 Å². The summed E-state index contributed by atoms with van der Waals surface area (Å²) < 4.78 is 20.1. The summed E-state index contributed by atoms with van der Waals surface area (Å²) in [5, 5.41) is 8.92. The number of carbonyl (C=O) groups is 2. The number of carboxylic acid groups (broad SMARTS) is 1. The number of rotatable bonds is 4. The lowest BCUT2D eigenvalue weighted by Gasteiger charge is -2.10. The van der Waals surface area contributed by atoms with Gasteiger partial charge in [-0.3, -0.25) is 4.79 Å². The van der Waals surface area contributed by atoms with E-state index in [2.05, 4.69) is 15.9 Å². The third-order valence-electron chi connectivity index (χ3n) is 2.90. The zero-order valence-electron chi connectivity index (χ0n) is 10.9. The van der Waals surface area contributed by atoms with Crippen LogP contribution in [-0.4, -0.2) is 17.4 Å². The Morgan fingerprint density at radius 1 is 1.33 bits per heavy atom. The number of aromatic carboxylic acids is 1. The molecule has 2 rings (SSSR count). The van der Waals surface area contributed by atoms with Gasteiger partial charge in [0.15, 0.2) is 17.9 Å². The highest BCUT2D eigenvalue weighted by Gasteiger charge is 2.16. The molecule has 2 aromatic carbocycles. The summed E-state index contributed by atoms with van der Waals surface area (Å²) in [5.41, 5.74) is 0.240. The third kappa shape index (κ3) is 3.11. The van der Waals surface area contributed by atoms with E-state index in [1.807, 2.05) is 0 Å². The van der Waals surface area contributed by atoms with Crippen molar-refractivity contribution >= 4 is 28.2 Å². The first kappa shape index (κ1) is 15.2. The molecule has 0 aliphatic heterocycles. The molecule has 0 unspecified atom stereocenters. The Kier molecular flexibility index (Phi) is 4.37. The Morgan fingerprint density at radius 3 is 2.67 bits per heavy atom. The lowest BCUT2D eigenvalue weighted by Crippen LogP contribution is -2.03. The largest absolute Gasteiger partial charge is 0.478 e. The van der Waals surface area contributed by atoms with Gasteiger partial charge in [0.25, 0.3) is 0 Å². The first-order valence-corrected chi connectivity index (χ1v) is 6.68. The summed E-state index contributed by atoms with van der Waals surface area (Å²) in [7, 11) is 0. The molecule has 0 atom stereocenters. The van der Waals surface area contributed by atoms with Gasteiger partial charge >= 0.3 is 5.97 Å². The van der Waals surface area contributed by atoms with Gasteiger partial charge < -0.3 is 9.84 Å². The van der Waals surface area contributed by atoms with Crippen LogP contribution in [0.4, 0.5) is 4.39 Å². The molecule has 4 nitrogen and oxygen atoms in total. The molecule has 0 aliphatic rings. The normalized spacial score (nSPS) is 10.2. The molecule has 0 saturated carbocycles. The fraction of sp³-hybridized carbons (Fsp3) is 0.0667. The van der Waals surface area contributed by atoms with Gasteiger partial charge in [-0.25, -0.2) is 9.18 Å². The Bertz CT molecular complexity index is 728. The average molecular weight is 353 g/mol. The van der Waals surface area contributed by atoms with Gasteiger partial charge in [-0.1, -0.05) is 15.9 Å². The summed E-state index contributed by atoms with van der Waals surface area (Å²) in [5.74, 6) is -1.77. The summed E-state index contributed by atoms with van der Waals surface area (Å²) in [4.78, 5) is 21.8. The zero-order valence-corrected chi connectivity index (χ0v) is 12.5. The maximum absolute atomic E-state index is 14.1. The van der Waals surface area contributed by atoms with Gasteiger partial charge in [0.1, 0.15) is 5.75 Å². The molecule has 0 radical (unpaired) electrons. The number of hydrogen-bond donors (Lipinski definition) is 1. The van der Waals surface area contributed by atoms with Crippen molar-refractivity contribution in [3.05, 3.63) is 57.3 Å². The maximum Gasteiger partial charge on any atom is 0.336 e. The molecule has 6 heteroatoms. The number of carboxylic acids is 1. The monoisotopic (exact) mass is 352 g/mol. The molecule has 108 valence electrons. The van der Waals surface area contributed by atoms with E-state index in [1.54, 1.807) is 12.1 Å². The van der Waals surface area contributed by atoms with Crippen LogP contribution in [0.1, 0.15) is 26.3 Å². The Hall–Kier alpha value is -2.21. The Morgan fingerprint density at radius 2 is 2.05 bits per heavy atom. The average Bonchev–Trinajstić information content (AvgIpc) is 2.45. The first-order chi connectivity index (χ1) is 9.93. The molecule has 0 bridgehead atoms. The fourth-order valence-electron chi connectivity index (χ4n) is 1.77. The molecule has 0 fully saturated rings. The van der Waals surface area contributed by atoms with E-state index in [0.717, 1.165) is 0 Å². The molecule has 0 saturated heterocycles. The quantitative estimate of drug-likeness (QED) is 0.837. The van der Waals surface area contributed by atoms with Gasteiger partial charge in [-0.2, -0.15) is 0 Å².